The van der Waals surface area contributed by atoms with Crippen molar-refractivity contribution in [1.29, 1.82) is 0 Å². The Morgan fingerprint density at radius 3 is 1.84 bits per heavy atom. The molecule has 0 aromatic heterocycles. The summed E-state index contributed by atoms with van der Waals surface area (Å²) >= 11 is 0. The largest absolute Gasteiger partial charge is 0.497 e. The molecule has 0 fully saturated rings. The maximum Gasteiger partial charge on any atom is 0.343 e. The van der Waals surface area contributed by atoms with Crippen LogP contribution in [0.25, 0.3) is 0 Å². The summed E-state index contributed by atoms with van der Waals surface area (Å²) in [5.41, 5.74) is 1.85. The fourth-order valence-electron chi connectivity index (χ4n) is 2.68. The topological polar surface area (TPSA) is 74.2 Å². The van der Waals surface area contributed by atoms with Gasteiger partial charge in [0.1, 0.15) is 17.1 Å². The molecule has 32 heavy (non-hydrogen) atoms. The van der Waals surface area contributed by atoms with E-state index in [4.69, 9.17) is 14.2 Å². The lowest BCUT2D eigenvalue weighted by molar-refractivity contribution is 0.00695. The molecule has 0 N–H and O–H groups in total. The molecule has 3 aromatic carbocycles. The number of hydrogen-bond acceptors (Lipinski definition) is 6. The molecular formula is C26H25NO5. The van der Waals surface area contributed by atoms with Gasteiger partial charge in [0.15, 0.2) is 0 Å². The van der Waals surface area contributed by atoms with Crippen LogP contribution in [0.5, 0.6) is 11.5 Å². The van der Waals surface area contributed by atoms with Gasteiger partial charge in [-0.25, -0.2) is 9.59 Å². The van der Waals surface area contributed by atoms with Gasteiger partial charge in [0, 0.05) is 6.21 Å². The molecular weight excluding hydrogens is 406 g/mol. The van der Waals surface area contributed by atoms with E-state index in [0.29, 0.717) is 22.6 Å². The second kappa shape index (κ2) is 9.92. The van der Waals surface area contributed by atoms with E-state index in [1.165, 1.54) is 0 Å². The van der Waals surface area contributed by atoms with Crippen molar-refractivity contribution in [3.05, 3.63) is 89.5 Å². The molecule has 0 bridgehead atoms. The van der Waals surface area contributed by atoms with Crippen molar-refractivity contribution < 1.29 is 23.8 Å². The van der Waals surface area contributed by atoms with Crippen LogP contribution in [0.3, 0.4) is 0 Å². The number of methoxy groups -OCH3 is 1. The van der Waals surface area contributed by atoms with E-state index in [9.17, 15) is 9.59 Å². The molecule has 0 spiro atoms. The number of ether oxygens (including phenoxy) is 3. The summed E-state index contributed by atoms with van der Waals surface area (Å²) in [6, 6.07) is 20.6. The third-order valence-electron chi connectivity index (χ3n) is 4.28. The normalized spacial score (nSPS) is 11.2. The molecule has 6 nitrogen and oxygen atoms in total. The molecule has 0 heterocycles. The smallest absolute Gasteiger partial charge is 0.343 e. The van der Waals surface area contributed by atoms with E-state index < -0.39 is 17.5 Å². The first-order valence-electron chi connectivity index (χ1n) is 10.1. The van der Waals surface area contributed by atoms with E-state index in [1.807, 2.05) is 24.3 Å². The number of rotatable bonds is 6. The number of benzene rings is 3. The molecule has 0 aliphatic heterocycles. The standard InChI is InChI=1S/C26H25NO5/c1-26(2,3)32-25(29)20-9-15-23(16-10-20)31-24(28)19-7-11-21(12-8-19)27-17-18-5-13-22(30-4)14-6-18/h5-17H,1-4H3. The molecule has 0 radical (unpaired) electrons. The monoisotopic (exact) mass is 431 g/mol. The van der Waals surface area contributed by atoms with Gasteiger partial charge in [0.05, 0.1) is 23.9 Å². The van der Waals surface area contributed by atoms with E-state index in [1.54, 1.807) is 82.6 Å². The average Bonchev–Trinajstić information content (AvgIpc) is 2.77. The summed E-state index contributed by atoms with van der Waals surface area (Å²) in [4.78, 5) is 28.9. The Morgan fingerprint density at radius 1 is 0.750 bits per heavy atom. The van der Waals surface area contributed by atoms with Crippen molar-refractivity contribution in [2.75, 3.05) is 7.11 Å². The zero-order valence-electron chi connectivity index (χ0n) is 18.5. The molecule has 0 aliphatic rings. The molecule has 0 aliphatic carbocycles. The third kappa shape index (κ3) is 6.54. The lowest BCUT2D eigenvalue weighted by Gasteiger charge is -2.19. The van der Waals surface area contributed by atoms with Crippen LogP contribution in [-0.4, -0.2) is 30.9 Å². The van der Waals surface area contributed by atoms with E-state index in [-0.39, 0.29) is 0 Å². The maximum atomic E-state index is 12.4. The van der Waals surface area contributed by atoms with Crippen LogP contribution < -0.4 is 9.47 Å². The Bertz CT molecular complexity index is 1090. The minimum absolute atomic E-state index is 0.337. The number of nitrogens with zero attached hydrogens (tertiary/aromatic N) is 1. The van der Waals surface area contributed by atoms with Gasteiger partial charge in [0.2, 0.25) is 0 Å². The molecule has 3 rings (SSSR count). The van der Waals surface area contributed by atoms with Crippen molar-refractivity contribution in [2.45, 2.75) is 26.4 Å². The lowest BCUT2D eigenvalue weighted by Crippen LogP contribution is -2.23. The number of carbonyl (C=O) groups excluding carboxylic acids is 2. The van der Waals surface area contributed by atoms with Crippen LogP contribution in [0.1, 0.15) is 47.1 Å². The highest BCUT2D eigenvalue weighted by molar-refractivity contribution is 5.92. The van der Waals surface area contributed by atoms with E-state index >= 15 is 0 Å². The van der Waals surface area contributed by atoms with Gasteiger partial charge in [-0.2, -0.15) is 0 Å². The van der Waals surface area contributed by atoms with Gasteiger partial charge in [0.25, 0.3) is 0 Å². The Balaban J connectivity index is 1.59. The van der Waals surface area contributed by atoms with Crippen molar-refractivity contribution in [1.82, 2.24) is 0 Å². The number of esters is 2. The maximum absolute atomic E-state index is 12.4. The third-order valence-corrected chi connectivity index (χ3v) is 4.28. The van der Waals surface area contributed by atoms with Crippen molar-refractivity contribution in [2.24, 2.45) is 4.99 Å². The summed E-state index contributed by atoms with van der Waals surface area (Å²) in [5.74, 6) is 0.190. The first-order chi connectivity index (χ1) is 15.2. The SMILES string of the molecule is COc1ccc(C=Nc2ccc(C(=O)Oc3ccc(C(=O)OC(C)(C)C)cc3)cc2)cc1. The first kappa shape index (κ1) is 22.7. The highest BCUT2D eigenvalue weighted by Crippen LogP contribution is 2.19. The minimum Gasteiger partial charge on any atom is -0.497 e. The number of hydrogen-bond donors (Lipinski definition) is 0. The average molecular weight is 431 g/mol. The highest BCUT2D eigenvalue weighted by Gasteiger charge is 2.18. The number of aliphatic imine (C=N–C) groups is 1. The van der Waals surface area contributed by atoms with Gasteiger partial charge < -0.3 is 14.2 Å². The molecule has 0 amide bonds. The predicted octanol–water partition coefficient (Wildman–Crippen LogP) is 5.62. The van der Waals surface area contributed by atoms with Crippen LogP contribution in [0.2, 0.25) is 0 Å². The van der Waals surface area contributed by atoms with Crippen LogP contribution in [-0.2, 0) is 4.74 Å². The minimum atomic E-state index is -0.576. The van der Waals surface area contributed by atoms with E-state index in [2.05, 4.69) is 4.99 Å². The molecule has 3 aromatic rings. The second-order valence-corrected chi connectivity index (χ2v) is 7.99. The van der Waals surface area contributed by atoms with Gasteiger partial charge in [-0.1, -0.05) is 0 Å². The van der Waals surface area contributed by atoms with Gasteiger partial charge in [-0.15, -0.1) is 0 Å². The van der Waals surface area contributed by atoms with E-state index in [0.717, 1.165) is 11.3 Å². The Morgan fingerprint density at radius 2 is 1.28 bits per heavy atom. The second-order valence-electron chi connectivity index (χ2n) is 7.99. The van der Waals surface area contributed by atoms with Crippen molar-refractivity contribution >= 4 is 23.8 Å². The number of carbonyl (C=O) groups is 2. The summed E-state index contributed by atoms with van der Waals surface area (Å²) in [6.45, 7) is 5.41. The van der Waals surface area contributed by atoms with Crippen molar-refractivity contribution in [3.8, 4) is 11.5 Å². The van der Waals surface area contributed by atoms with Crippen LogP contribution in [0, 0.1) is 0 Å². The summed E-state index contributed by atoms with van der Waals surface area (Å²) in [7, 11) is 1.62. The lowest BCUT2D eigenvalue weighted by atomic mass is 10.1. The highest BCUT2D eigenvalue weighted by atomic mass is 16.6. The fraction of sp³-hybridized carbons (Fsp3) is 0.192. The van der Waals surface area contributed by atoms with Crippen LogP contribution >= 0.6 is 0 Å². The molecule has 0 saturated heterocycles. The van der Waals surface area contributed by atoms with Gasteiger partial charge in [-0.3, -0.25) is 4.99 Å². The van der Waals surface area contributed by atoms with Gasteiger partial charge in [-0.05, 0) is 99.1 Å². The summed E-state index contributed by atoms with van der Waals surface area (Å²) < 4.78 is 15.8. The quantitative estimate of drug-likeness (QED) is 0.288. The zero-order valence-corrected chi connectivity index (χ0v) is 18.5. The molecule has 6 heteroatoms. The van der Waals surface area contributed by atoms with Crippen LogP contribution in [0.15, 0.2) is 77.8 Å². The zero-order chi connectivity index (χ0) is 23.1. The first-order valence-corrected chi connectivity index (χ1v) is 10.1. The van der Waals surface area contributed by atoms with Crippen LogP contribution in [0.4, 0.5) is 5.69 Å². The van der Waals surface area contributed by atoms with Gasteiger partial charge >= 0.3 is 11.9 Å². The molecule has 164 valence electrons. The predicted molar refractivity (Wildman–Crippen MR) is 123 cm³/mol. The molecule has 0 saturated carbocycles. The molecule has 0 unspecified atom stereocenters. The summed E-state index contributed by atoms with van der Waals surface area (Å²) in [5, 5.41) is 0. The van der Waals surface area contributed by atoms with Crippen molar-refractivity contribution in [3.63, 3.8) is 0 Å². The Hall–Kier alpha value is -3.93. The Labute approximate surface area is 187 Å². The summed E-state index contributed by atoms with van der Waals surface area (Å²) in [6.07, 6.45) is 1.74. The Kier molecular flexibility index (Phi) is 7.05. The molecule has 0 atom stereocenters. The fourth-order valence-corrected chi connectivity index (χ4v) is 2.68.